The van der Waals surface area contributed by atoms with Gasteiger partial charge in [0, 0.05) is 39.1 Å². The molecule has 0 aliphatic rings. The molecule has 0 spiro atoms. The number of aromatic nitrogens is 2. The second kappa shape index (κ2) is 8.30. The molecule has 1 rings (SSSR count). The fraction of sp³-hybridized carbons (Fsp3) is 0.750. The summed E-state index contributed by atoms with van der Waals surface area (Å²) in [6.45, 7) is 5.70. The lowest BCUT2D eigenvalue weighted by Gasteiger charge is -2.21. The van der Waals surface area contributed by atoms with E-state index in [0.717, 1.165) is 48.2 Å². The van der Waals surface area contributed by atoms with Gasteiger partial charge in [0.2, 0.25) is 0 Å². The summed E-state index contributed by atoms with van der Waals surface area (Å²) in [4.78, 5) is 2.36. The second-order valence-corrected chi connectivity index (χ2v) is 5.73. The largest absolute Gasteiger partial charge is 0.383 e. The van der Waals surface area contributed by atoms with E-state index in [1.165, 1.54) is 5.69 Å². The number of hydrogen-bond acceptors (Lipinski definition) is 3. The molecule has 0 radical (unpaired) electrons. The standard InChI is InChI=1S/C12H21Br2N3O/c1-4-10-12(14)11(16(2)15-10)9-17(6-5-13)7-8-18-3/h4-9H2,1-3H3. The van der Waals surface area contributed by atoms with E-state index in [2.05, 4.69) is 48.8 Å². The first-order valence-electron chi connectivity index (χ1n) is 6.11. The molecule has 0 saturated heterocycles. The smallest absolute Gasteiger partial charge is 0.0767 e. The van der Waals surface area contributed by atoms with Crippen molar-refractivity contribution in [3.63, 3.8) is 0 Å². The van der Waals surface area contributed by atoms with Gasteiger partial charge < -0.3 is 4.74 Å². The van der Waals surface area contributed by atoms with E-state index in [9.17, 15) is 0 Å². The first kappa shape index (κ1) is 16.1. The van der Waals surface area contributed by atoms with Crippen molar-refractivity contribution in [2.75, 3.05) is 32.1 Å². The van der Waals surface area contributed by atoms with Gasteiger partial charge in [0.25, 0.3) is 0 Å². The second-order valence-electron chi connectivity index (χ2n) is 4.14. The van der Waals surface area contributed by atoms with E-state index in [1.54, 1.807) is 7.11 Å². The van der Waals surface area contributed by atoms with Crippen molar-refractivity contribution in [2.45, 2.75) is 19.9 Å². The average Bonchev–Trinajstić information content (AvgIpc) is 2.63. The Morgan fingerprint density at radius 1 is 1.39 bits per heavy atom. The Bertz CT molecular complexity index is 368. The molecule has 1 aromatic heterocycles. The minimum atomic E-state index is 0.753. The monoisotopic (exact) mass is 381 g/mol. The third-order valence-corrected chi connectivity index (χ3v) is 4.16. The Hall–Kier alpha value is 0.0900. The molecule has 0 aliphatic heterocycles. The zero-order chi connectivity index (χ0) is 13.5. The molecular weight excluding hydrogens is 362 g/mol. The molecule has 0 unspecified atom stereocenters. The zero-order valence-electron chi connectivity index (χ0n) is 11.2. The maximum atomic E-state index is 5.15. The SMILES string of the molecule is CCc1nn(C)c(CN(CCBr)CCOC)c1Br. The lowest BCUT2D eigenvalue weighted by molar-refractivity contribution is 0.146. The number of ether oxygens (including phenoxy) is 1. The lowest BCUT2D eigenvalue weighted by atomic mass is 10.3. The molecule has 4 nitrogen and oxygen atoms in total. The number of aryl methyl sites for hydroxylation is 2. The Labute approximate surface area is 126 Å². The minimum absolute atomic E-state index is 0.753. The number of rotatable bonds is 8. The van der Waals surface area contributed by atoms with Crippen molar-refractivity contribution in [2.24, 2.45) is 7.05 Å². The summed E-state index contributed by atoms with van der Waals surface area (Å²) in [5.74, 6) is 0. The van der Waals surface area contributed by atoms with Crippen molar-refractivity contribution in [3.8, 4) is 0 Å². The van der Waals surface area contributed by atoms with E-state index in [4.69, 9.17) is 4.74 Å². The number of methoxy groups -OCH3 is 1. The summed E-state index contributed by atoms with van der Waals surface area (Å²) < 4.78 is 8.26. The normalized spacial score (nSPS) is 11.4. The molecule has 0 atom stereocenters. The summed E-state index contributed by atoms with van der Waals surface area (Å²) in [5, 5.41) is 5.49. The Morgan fingerprint density at radius 2 is 2.11 bits per heavy atom. The summed E-state index contributed by atoms with van der Waals surface area (Å²) in [6.07, 6.45) is 0.949. The van der Waals surface area contributed by atoms with Crippen molar-refractivity contribution < 1.29 is 4.74 Å². The van der Waals surface area contributed by atoms with Crippen molar-refractivity contribution in [1.29, 1.82) is 0 Å². The van der Waals surface area contributed by atoms with Crippen LogP contribution < -0.4 is 0 Å². The third-order valence-electron chi connectivity index (χ3n) is 2.89. The van der Waals surface area contributed by atoms with Crippen LogP contribution >= 0.6 is 31.9 Å². The summed E-state index contributed by atoms with van der Waals surface area (Å²) in [7, 11) is 3.74. The predicted molar refractivity (Wildman–Crippen MR) is 81.2 cm³/mol. The summed E-state index contributed by atoms with van der Waals surface area (Å²) >= 11 is 7.15. The molecule has 0 fully saturated rings. The molecule has 104 valence electrons. The van der Waals surface area contributed by atoms with E-state index >= 15 is 0 Å². The highest BCUT2D eigenvalue weighted by Gasteiger charge is 2.15. The van der Waals surface area contributed by atoms with E-state index in [1.807, 2.05) is 11.7 Å². The fourth-order valence-electron chi connectivity index (χ4n) is 1.81. The Kier molecular flexibility index (Phi) is 7.44. The van der Waals surface area contributed by atoms with Gasteiger partial charge in [-0.2, -0.15) is 5.10 Å². The molecular formula is C12H21Br2N3O. The quantitative estimate of drug-likeness (QED) is 0.647. The fourth-order valence-corrected chi connectivity index (χ4v) is 3.06. The van der Waals surface area contributed by atoms with Crippen LogP contribution in [0.4, 0.5) is 0 Å². The van der Waals surface area contributed by atoms with Crippen LogP contribution in [0.5, 0.6) is 0 Å². The number of nitrogens with zero attached hydrogens (tertiary/aromatic N) is 3. The van der Waals surface area contributed by atoms with Gasteiger partial charge >= 0.3 is 0 Å². The van der Waals surface area contributed by atoms with Gasteiger partial charge in [0.15, 0.2) is 0 Å². The molecule has 1 heterocycles. The molecule has 0 N–H and O–H groups in total. The zero-order valence-corrected chi connectivity index (χ0v) is 14.4. The molecule has 0 saturated carbocycles. The van der Waals surface area contributed by atoms with Gasteiger partial charge in [0.05, 0.1) is 22.5 Å². The number of hydrogen-bond donors (Lipinski definition) is 0. The molecule has 18 heavy (non-hydrogen) atoms. The van der Waals surface area contributed by atoms with Crippen LogP contribution in [0, 0.1) is 0 Å². The van der Waals surface area contributed by atoms with Crippen LogP contribution in [0.3, 0.4) is 0 Å². The summed E-state index contributed by atoms with van der Waals surface area (Å²) in [6, 6.07) is 0. The molecule has 0 aliphatic carbocycles. The maximum Gasteiger partial charge on any atom is 0.0767 e. The van der Waals surface area contributed by atoms with E-state index in [0.29, 0.717) is 0 Å². The highest BCUT2D eigenvalue weighted by Crippen LogP contribution is 2.22. The maximum absolute atomic E-state index is 5.15. The van der Waals surface area contributed by atoms with Crippen LogP contribution in [0.2, 0.25) is 0 Å². The minimum Gasteiger partial charge on any atom is -0.383 e. The molecule has 0 amide bonds. The Balaban J connectivity index is 2.76. The van der Waals surface area contributed by atoms with Crippen LogP contribution in [0.25, 0.3) is 0 Å². The third kappa shape index (κ3) is 4.33. The first-order valence-corrected chi connectivity index (χ1v) is 8.02. The highest BCUT2D eigenvalue weighted by molar-refractivity contribution is 9.10. The molecule has 1 aromatic rings. The van der Waals surface area contributed by atoms with Gasteiger partial charge in [-0.1, -0.05) is 22.9 Å². The molecule has 6 heteroatoms. The van der Waals surface area contributed by atoms with Crippen LogP contribution in [0.15, 0.2) is 4.47 Å². The van der Waals surface area contributed by atoms with Gasteiger partial charge in [-0.3, -0.25) is 9.58 Å². The van der Waals surface area contributed by atoms with Crippen molar-refractivity contribution in [3.05, 3.63) is 15.9 Å². The van der Waals surface area contributed by atoms with Crippen molar-refractivity contribution in [1.82, 2.24) is 14.7 Å². The predicted octanol–water partition coefficient (Wildman–Crippen LogP) is 2.59. The van der Waals surface area contributed by atoms with Crippen LogP contribution in [-0.2, 0) is 24.8 Å². The topological polar surface area (TPSA) is 30.3 Å². The van der Waals surface area contributed by atoms with Gasteiger partial charge in [-0.05, 0) is 22.4 Å². The number of alkyl halides is 1. The highest BCUT2D eigenvalue weighted by atomic mass is 79.9. The Morgan fingerprint density at radius 3 is 2.61 bits per heavy atom. The van der Waals surface area contributed by atoms with Gasteiger partial charge in [-0.15, -0.1) is 0 Å². The lowest BCUT2D eigenvalue weighted by Crippen LogP contribution is -2.29. The molecule has 0 bridgehead atoms. The van der Waals surface area contributed by atoms with E-state index < -0.39 is 0 Å². The molecule has 0 aromatic carbocycles. The van der Waals surface area contributed by atoms with Gasteiger partial charge in [0.1, 0.15) is 0 Å². The summed E-state index contributed by atoms with van der Waals surface area (Å²) in [5.41, 5.74) is 2.35. The van der Waals surface area contributed by atoms with Crippen molar-refractivity contribution >= 4 is 31.9 Å². The van der Waals surface area contributed by atoms with Crippen LogP contribution in [0.1, 0.15) is 18.3 Å². The van der Waals surface area contributed by atoms with Gasteiger partial charge in [-0.25, -0.2) is 0 Å². The van der Waals surface area contributed by atoms with Crippen LogP contribution in [-0.4, -0.2) is 46.8 Å². The first-order chi connectivity index (χ1) is 8.63. The average molecular weight is 383 g/mol. The van der Waals surface area contributed by atoms with E-state index in [-0.39, 0.29) is 0 Å². The number of halogens is 2.